The van der Waals surface area contributed by atoms with Gasteiger partial charge in [-0.25, -0.2) is 0 Å². The maximum absolute atomic E-state index is 8.95. The van der Waals surface area contributed by atoms with Gasteiger partial charge in [0.15, 0.2) is 0 Å². The topological polar surface area (TPSA) is 42.4 Å². The van der Waals surface area contributed by atoms with Gasteiger partial charge in [0.05, 0.1) is 5.52 Å². The second kappa shape index (κ2) is 6.89. The quantitative estimate of drug-likeness (QED) is 0.853. The number of benzene rings is 1. The Morgan fingerprint density at radius 1 is 1.37 bits per heavy atom. The maximum Gasteiger partial charge on any atom is 0.120 e. The van der Waals surface area contributed by atoms with Crippen LogP contribution in [0.3, 0.4) is 0 Å². The van der Waals surface area contributed by atoms with Crippen LogP contribution in [0.2, 0.25) is 0 Å². The number of aromatic nitrogens is 1. The first-order valence-corrected chi connectivity index (χ1v) is 6.42. The number of hydrogen-bond donors (Lipinski definition) is 1. The number of nitrogens with zero attached hydrogens (tertiary/aromatic N) is 1. The zero-order valence-electron chi connectivity index (χ0n) is 11.0. The highest BCUT2D eigenvalue weighted by atomic mass is 16.5. The summed E-state index contributed by atoms with van der Waals surface area (Å²) < 4.78 is 5.45. The van der Waals surface area contributed by atoms with Crippen LogP contribution >= 0.6 is 0 Å². The summed E-state index contributed by atoms with van der Waals surface area (Å²) in [4.78, 5) is 4.27. The molecule has 2 aromatic rings. The highest BCUT2D eigenvalue weighted by Gasteiger charge is 2.02. The summed E-state index contributed by atoms with van der Waals surface area (Å²) in [5, 5.41) is 10.0. The van der Waals surface area contributed by atoms with Crippen LogP contribution in [0.5, 0.6) is 0 Å². The lowest BCUT2D eigenvalue weighted by Gasteiger charge is -2.07. The van der Waals surface area contributed by atoms with Gasteiger partial charge in [-0.1, -0.05) is 17.9 Å². The van der Waals surface area contributed by atoms with E-state index in [1.54, 1.807) is 6.20 Å². The van der Waals surface area contributed by atoms with Crippen LogP contribution in [0.1, 0.15) is 18.9 Å². The van der Waals surface area contributed by atoms with E-state index < -0.39 is 0 Å². The van der Waals surface area contributed by atoms with E-state index in [2.05, 4.69) is 16.8 Å². The monoisotopic (exact) mass is 255 g/mol. The second-order valence-corrected chi connectivity index (χ2v) is 4.14. The summed E-state index contributed by atoms with van der Waals surface area (Å²) in [7, 11) is 0. The number of aliphatic hydroxyl groups is 1. The zero-order chi connectivity index (χ0) is 13.5. The molecule has 1 aromatic carbocycles. The van der Waals surface area contributed by atoms with E-state index in [0.29, 0.717) is 13.0 Å². The van der Waals surface area contributed by atoms with Gasteiger partial charge >= 0.3 is 0 Å². The molecule has 0 saturated carbocycles. The van der Waals surface area contributed by atoms with Crippen molar-refractivity contribution in [3.05, 3.63) is 42.1 Å². The van der Waals surface area contributed by atoms with Crippen LogP contribution < -0.4 is 0 Å². The molecule has 1 atom stereocenters. The van der Waals surface area contributed by atoms with Crippen molar-refractivity contribution in [2.24, 2.45) is 0 Å². The van der Waals surface area contributed by atoms with Gasteiger partial charge in [-0.05, 0) is 31.2 Å². The summed E-state index contributed by atoms with van der Waals surface area (Å²) in [6, 6.07) is 9.85. The van der Waals surface area contributed by atoms with Crippen molar-refractivity contribution in [2.75, 3.05) is 13.2 Å². The van der Waals surface area contributed by atoms with Crippen LogP contribution in [-0.2, 0) is 4.74 Å². The summed E-state index contributed by atoms with van der Waals surface area (Å²) in [6.45, 7) is 2.61. The lowest BCUT2D eigenvalue weighted by molar-refractivity contribution is 0.0818. The third kappa shape index (κ3) is 3.78. The molecule has 1 aromatic heterocycles. The Balaban J connectivity index is 2.20. The fraction of sp³-hybridized carbons (Fsp3) is 0.312. The highest BCUT2D eigenvalue weighted by molar-refractivity contribution is 5.79. The van der Waals surface area contributed by atoms with Gasteiger partial charge in [-0.15, -0.1) is 0 Å². The van der Waals surface area contributed by atoms with E-state index in [9.17, 15) is 0 Å². The molecule has 98 valence electrons. The molecule has 0 amide bonds. The van der Waals surface area contributed by atoms with Gasteiger partial charge < -0.3 is 9.84 Å². The Labute approximate surface area is 113 Å². The minimum Gasteiger partial charge on any atom is -0.396 e. The Morgan fingerprint density at radius 2 is 2.26 bits per heavy atom. The smallest absolute Gasteiger partial charge is 0.120 e. The molecule has 0 aliphatic heterocycles. The average molecular weight is 255 g/mol. The van der Waals surface area contributed by atoms with E-state index >= 15 is 0 Å². The fourth-order valence-corrected chi connectivity index (χ4v) is 1.83. The number of pyridine rings is 1. The first-order chi connectivity index (χ1) is 9.33. The van der Waals surface area contributed by atoms with Crippen molar-refractivity contribution < 1.29 is 9.84 Å². The molecule has 0 fully saturated rings. The highest BCUT2D eigenvalue weighted by Crippen LogP contribution is 2.12. The van der Waals surface area contributed by atoms with Crippen LogP contribution in [-0.4, -0.2) is 29.4 Å². The lowest BCUT2D eigenvalue weighted by atomic mass is 10.1. The molecule has 2 rings (SSSR count). The number of hydrogen-bond acceptors (Lipinski definition) is 3. The van der Waals surface area contributed by atoms with E-state index in [0.717, 1.165) is 16.5 Å². The van der Waals surface area contributed by atoms with Gasteiger partial charge in [0.1, 0.15) is 6.10 Å². The second-order valence-electron chi connectivity index (χ2n) is 4.14. The van der Waals surface area contributed by atoms with Crippen LogP contribution in [0.25, 0.3) is 10.9 Å². The van der Waals surface area contributed by atoms with Crippen LogP contribution in [0, 0.1) is 11.8 Å². The molecule has 3 nitrogen and oxygen atoms in total. The third-order valence-corrected chi connectivity index (χ3v) is 2.74. The minimum atomic E-state index is -0.209. The zero-order valence-corrected chi connectivity index (χ0v) is 11.0. The Bertz CT molecular complexity index is 592. The van der Waals surface area contributed by atoms with E-state index in [-0.39, 0.29) is 12.7 Å². The van der Waals surface area contributed by atoms with E-state index in [1.165, 1.54) is 0 Å². The van der Waals surface area contributed by atoms with E-state index in [1.807, 2.05) is 37.3 Å². The lowest BCUT2D eigenvalue weighted by Crippen LogP contribution is -2.12. The molecule has 0 radical (unpaired) electrons. The predicted molar refractivity (Wildman–Crippen MR) is 75.7 cm³/mol. The average Bonchev–Trinajstić information content (AvgIpc) is 2.45. The number of rotatable bonds is 4. The molecule has 0 spiro atoms. The van der Waals surface area contributed by atoms with Crippen molar-refractivity contribution in [3.8, 4) is 11.8 Å². The Kier molecular flexibility index (Phi) is 4.91. The maximum atomic E-state index is 8.95. The standard InChI is InChI=1S/C16H17NO2/c1-2-19-15(9-11-18)7-5-13-6-8-16-14(12-13)4-3-10-17-16/h3-4,6,8,10,12,15,18H,2,9,11H2,1H3. The molecule has 0 saturated heterocycles. The normalized spacial score (nSPS) is 11.9. The summed E-state index contributed by atoms with van der Waals surface area (Å²) in [5.74, 6) is 6.14. The molecule has 0 bridgehead atoms. The van der Waals surface area contributed by atoms with Crippen molar-refractivity contribution in [2.45, 2.75) is 19.4 Å². The Morgan fingerprint density at radius 3 is 3.05 bits per heavy atom. The summed E-state index contributed by atoms with van der Waals surface area (Å²) in [6.07, 6.45) is 2.11. The van der Waals surface area contributed by atoms with Crippen molar-refractivity contribution in [3.63, 3.8) is 0 Å². The largest absolute Gasteiger partial charge is 0.396 e. The number of ether oxygens (including phenoxy) is 1. The molecule has 3 heteroatoms. The number of aliphatic hydroxyl groups excluding tert-OH is 1. The molecular weight excluding hydrogens is 238 g/mol. The number of fused-ring (bicyclic) bond motifs is 1. The molecule has 0 aliphatic rings. The minimum absolute atomic E-state index is 0.0843. The molecule has 1 unspecified atom stereocenters. The third-order valence-electron chi connectivity index (χ3n) is 2.74. The van der Waals surface area contributed by atoms with Crippen molar-refractivity contribution in [1.29, 1.82) is 0 Å². The molecule has 0 aliphatic carbocycles. The molecule has 1 heterocycles. The SMILES string of the molecule is CCOC(C#Cc1ccc2ncccc2c1)CCO. The van der Waals surface area contributed by atoms with Gasteiger partial charge in [0.25, 0.3) is 0 Å². The fourth-order valence-electron chi connectivity index (χ4n) is 1.83. The first-order valence-electron chi connectivity index (χ1n) is 6.42. The van der Waals surface area contributed by atoms with E-state index in [4.69, 9.17) is 9.84 Å². The van der Waals surface area contributed by atoms with Gasteiger partial charge in [-0.3, -0.25) is 4.98 Å². The van der Waals surface area contributed by atoms with Crippen LogP contribution in [0.4, 0.5) is 0 Å². The van der Waals surface area contributed by atoms with Crippen molar-refractivity contribution in [1.82, 2.24) is 4.98 Å². The van der Waals surface area contributed by atoms with Gasteiger partial charge in [-0.2, -0.15) is 0 Å². The van der Waals surface area contributed by atoms with Crippen LogP contribution in [0.15, 0.2) is 36.5 Å². The predicted octanol–water partition coefficient (Wildman–Crippen LogP) is 2.37. The Hall–Kier alpha value is -1.89. The summed E-state index contributed by atoms with van der Waals surface area (Å²) >= 11 is 0. The molecule has 1 N–H and O–H groups in total. The van der Waals surface area contributed by atoms with Crippen molar-refractivity contribution >= 4 is 10.9 Å². The first kappa shape index (κ1) is 13.5. The van der Waals surface area contributed by atoms with Gasteiger partial charge in [0.2, 0.25) is 0 Å². The molecular formula is C16H17NO2. The van der Waals surface area contributed by atoms with Gasteiger partial charge in [0, 0.05) is 36.8 Å². The molecule has 19 heavy (non-hydrogen) atoms. The summed E-state index contributed by atoms with van der Waals surface area (Å²) in [5.41, 5.74) is 1.90.